The molecule has 7 nitrogen and oxygen atoms in total. The van der Waals surface area contributed by atoms with Crippen LogP contribution in [0.2, 0.25) is 0 Å². The number of nitrogens with two attached hydrogens (primary N) is 1. The molecule has 0 aliphatic carbocycles. The second-order valence-corrected chi connectivity index (χ2v) is 9.19. The summed E-state index contributed by atoms with van der Waals surface area (Å²) in [5.74, 6) is -0.279. The number of benzene rings is 3. The first kappa shape index (κ1) is 23.8. The van der Waals surface area contributed by atoms with E-state index in [0.717, 1.165) is 33.5 Å². The minimum atomic E-state index is -0.234. The van der Waals surface area contributed by atoms with Gasteiger partial charge < -0.3 is 20.9 Å². The number of hydrogen-bond acceptors (Lipinski definition) is 5. The van der Waals surface area contributed by atoms with Crippen molar-refractivity contribution in [2.75, 3.05) is 30.0 Å². The smallest absolute Gasteiger partial charge is 0.255 e. The van der Waals surface area contributed by atoms with Crippen LogP contribution in [0, 0.1) is 6.92 Å². The summed E-state index contributed by atoms with van der Waals surface area (Å²) in [5, 5.41) is 3.67. The quantitative estimate of drug-likeness (QED) is 0.267. The third-order valence-corrected chi connectivity index (χ3v) is 6.25. The minimum Gasteiger partial charge on any atom is -0.398 e. The third kappa shape index (κ3) is 4.92. The van der Waals surface area contributed by atoms with E-state index in [9.17, 15) is 9.59 Å². The van der Waals surface area contributed by atoms with Gasteiger partial charge in [0.25, 0.3) is 5.91 Å². The molecule has 5 aromatic rings. The largest absolute Gasteiger partial charge is 0.398 e. The highest BCUT2D eigenvalue weighted by Gasteiger charge is 2.14. The van der Waals surface area contributed by atoms with Gasteiger partial charge in [0.15, 0.2) is 5.78 Å². The van der Waals surface area contributed by atoms with E-state index in [2.05, 4.69) is 15.3 Å². The Morgan fingerprint density at radius 2 is 1.68 bits per heavy atom. The van der Waals surface area contributed by atoms with Crippen molar-refractivity contribution < 1.29 is 9.59 Å². The molecule has 3 aromatic carbocycles. The molecule has 5 rings (SSSR count). The van der Waals surface area contributed by atoms with Crippen molar-refractivity contribution in [3.05, 3.63) is 107 Å². The first-order chi connectivity index (χ1) is 17.8. The maximum absolute atomic E-state index is 13.0. The second kappa shape index (κ2) is 9.62. The van der Waals surface area contributed by atoms with Crippen molar-refractivity contribution in [1.29, 1.82) is 0 Å². The number of pyridine rings is 1. The van der Waals surface area contributed by atoms with Crippen LogP contribution in [0.4, 0.5) is 17.1 Å². The zero-order valence-electron chi connectivity index (χ0n) is 20.9. The summed E-state index contributed by atoms with van der Waals surface area (Å²) in [6, 6.07) is 23.9. The SMILES string of the molecule is Cc1cc(N)c2cc(C(=O)Nc3ccc(-c4cc(C(=O)c5cccc(N(C)C)c5)c[nH]4)cc3)ccc2n1. The van der Waals surface area contributed by atoms with Gasteiger partial charge in [0.1, 0.15) is 0 Å². The number of nitrogens with zero attached hydrogens (tertiary/aromatic N) is 2. The molecule has 184 valence electrons. The number of anilines is 3. The number of aryl methyl sites for hydroxylation is 1. The van der Waals surface area contributed by atoms with E-state index in [4.69, 9.17) is 5.73 Å². The van der Waals surface area contributed by atoms with Crippen LogP contribution < -0.4 is 16.0 Å². The molecule has 0 saturated carbocycles. The number of nitrogens with one attached hydrogen (secondary N) is 2. The molecule has 7 heteroatoms. The number of nitrogen functional groups attached to an aromatic ring is 1. The fourth-order valence-electron chi connectivity index (χ4n) is 4.25. The van der Waals surface area contributed by atoms with Gasteiger partial charge >= 0.3 is 0 Å². The summed E-state index contributed by atoms with van der Waals surface area (Å²) in [6.07, 6.45) is 1.72. The Balaban J connectivity index is 1.30. The van der Waals surface area contributed by atoms with Gasteiger partial charge in [-0.3, -0.25) is 14.6 Å². The fourth-order valence-corrected chi connectivity index (χ4v) is 4.25. The maximum Gasteiger partial charge on any atom is 0.255 e. The lowest BCUT2D eigenvalue weighted by atomic mass is 10.0. The Morgan fingerprint density at radius 3 is 2.43 bits per heavy atom. The molecular weight excluding hydrogens is 462 g/mol. The van der Waals surface area contributed by atoms with E-state index in [1.807, 2.05) is 80.5 Å². The van der Waals surface area contributed by atoms with Crippen LogP contribution in [0.15, 0.2) is 85.1 Å². The van der Waals surface area contributed by atoms with Crippen LogP contribution in [0.5, 0.6) is 0 Å². The van der Waals surface area contributed by atoms with Crippen LogP contribution in [0.3, 0.4) is 0 Å². The van der Waals surface area contributed by atoms with Gasteiger partial charge in [-0.25, -0.2) is 0 Å². The van der Waals surface area contributed by atoms with Gasteiger partial charge in [0.05, 0.1) is 5.52 Å². The molecule has 0 radical (unpaired) electrons. The monoisotopic (exact) mass is 489 g/mol. The molecular formula is C30H27N5O2. The number of fused-ring (bicyclic) bond motifs is 1. The molecule has 0 aliphatic rings. The van der Waals surface area contributed by atoms with Crippen LogP contribution in [0.25, 0.3) is 22.2 Å². The zero-order valence-corrected chi connectivity index (χ0v) is 20.9. The number of amides is 1. The molecule has 0 saturated heterocycles. The predicted octanol–water partition coefficient (Wildman–Crippen LogP) is 5.67. The zero-order chi connectivity index (χ0) is 26.1. The topological polar surface area (TPSA) is 104 Å². The lowest BCUT2D eigenvalue weighted by Crippen LogP contribution is -2.12. The summed E-state index contributed by atoms with van der Waals surface area (Å²) in [5.41, 5.74) is 13.4. The van der Waals surface area contributed by atoms with E-state index in [0.29, 0.717) is 28.1 Å². The minimum absolute atomic E-state index is 0.0449. The van der Waals surface area contributed by atoms with Crippen molar-refractivity contribution in [2.24, 2.45) is 0 Å². The predicted molar refractivity (Wildman–Crippen MR) is 149 cm³/mol. The number of aromatic nitrogens is 2. The van der Waals surface area contributed by atoms with Crippen molar-refractivity contribution in [3.8, 4) is 11.3 Å². The summed E-state index contributed by atoms with van der Waals surface area (Å²) in [6.45, 7) is 1.89. The molecule has 0 spiro atoms. The standard InChI is InChI=1S/C30H27N5O2/c1-18-13-26(31)25-15-21(9-12-27(25)33-18)30(37)34-23-10-7-19(8-11-23)28-16-22(17-32-28)29(36)20-5-4-6-24(14-20)35(2)3/h4-17,32H,1-3H3,(H2,31,33)(H,34,37). The van der Waals surface area contributed by atoms with Crippen molar-refractivity contribution >= 4 is 39.7 Å². The van der Waals surface area contributed by atoms with Gasteiger partial charge in [-0.05, 0) is 67.1 Å². The summed E-state index contributed by atoms with van der Waals surface area (Å²) in [7, 11) is 3.89. The first-order valence-corrected chi connectivity index (χ1v) is 11.9. The first-order valence-electron chi connectivity index (χ1n) is 11.9. The lowest BCUT2D eigenvalue weighted by Gasteiger charge is -2.12. The molecule has 4 N–H and O–H groups in total. The van der Waals surface area contributed by atoms with Crippen molar-refractivity contribution in [2.45, 2.75) is 6.92 Å². The normalized spacial score (nSPS) is 10.9. The lowest BCUT2D eigenvalue weighted by molar-refractivity contribution is 0.102. The molecule has 0 bridgehead atoms. The molecule has 37 heavy (non-hydrogen) atoms. The number of rotatable bonds is 6. The van der Waals surface area contributed by atoms with E-state index in [1.54, 1.807) is 30.5 Å². The Hall–Kier alpha value is -4.91. The Kier molecular flexibility index (Phi) is 6.19. The molecule has 0 aliphatic heterocycles. The second-order valence-electron chi connectivity index (χ2n) is 9.19. The Labute approximate surface area is 215 Å². The average Bonchev–Trinajstić information content (AvgIpc) is 3.39. The van der Waals surface area contributed by atoms with Gasteiger partial charge in [0, 0.05) is 70.8 Å². The Bertz CT molecular complexity index is 1630. The van der Waals surface area contributed by atoms with Gasteiger partial charge in [-0.1, -0.05) is 24.3 Å². The molecule has 2 heterocycles. The maximum atomic E-state index is 13.0. The van der Waals surface area contributed by atoms with Gasteiger partial charge in [0.2, 0.25) is 0 Å². The average molecular weight is 490 g/mol. The molecule has 0 fully saturated rings. The number of aromatic amines is 1. The van der Waals surface area contributed by atoms with Crippen molar-refractivity contribution in [3.63, 3.8) is 0 Å². The molecule has 1 amide bonds. The van der Waals surface area contributed by atoms with E-state index in [-0.39, 0.29) is 11.7 Å². The number of ketones is 1. The van der Waals surface area contributed by atoms with Gasteiger partial charge in [-0.2, -0.15) is 0 Å². The van der Waals surface area contributed by atoms with Crippen molar-refractivity contribution in [1.82, 2.24) is 9.97 Å². The summed E-state index contributed by atoms with van der Waals surface area (Å²) in [4.78, 5) is 35.5. The van der Waals surface area contributed by atoms with Crippen LogP contribution >= 0.6 is 0 Å². The highest BCUT2D eigenvalue weighted by molar-refractivity contribution is 6.10. The van der Waals surface area contributed by atoms with E-state index < -0.39 is 0 Å². The number of carbonyl (C=O) groups excluding carboxylic acids is 2. The number of carbonyl (C=O) groups is 2. The fraction of sp³-hybridized carbons (Fsp3) is 0.100. The molecule has 0 atom stereocenters. The highest BCUT2D eigenvalue weighted by atomic mass is 16.1. The molecule has 2 aromatic heterocycles. The van der Waals surface area contributed by atoms with Crippen LogP contribution in [-0.2, 0) is 0 Å². The van der Waals surface area contributed by atoms with Crippen LogP contribution in [-0.4, -0.2) is 35.8 Å². The third-order valence-electron chi connectivity index (χ3n) is 6.25. The van der Waals surface area contributed by atoms with E-state index >= 15 is 0 Å². The number of H-pyrrole nitrogens is 1. The van der Waals surface area contributed by atoms with E-state index in [1.165, 1.54) is 0 Å². The Morgan fingerprint density at radius 1 is 0.892 bits per heavy atom. The summed E-state index contributed by atoms with van der Waals surface area (Å²) >= 11 is 0. The van der Waals surface area contributed by atoms with Crippen LogP contribution in [0.1, 0.15) is 32.0 Å². The number of hydrogen-bond donors (Lipinski definition) is 3. The molecule has 0 unspecified atom stereocenters. The van der Waals surface area contributed by atoms with Gasteiger partial charge in [-0.15, -0.1) is 0 Å². The summed E-state index contributed by atoms with van der Waals surface area (Å²) < 4.78 is 0. The highest BCUT2D eigenvalue weighted by Crippen LogP contribution is 2.25.